The van der Waals surface area contributed by atoms with Crippen molar-refractivity contribution in [3.05, 3.63) is 102 Å². The van der Waals surface area contributed by atoms with Crippen LogP contribution in [0.25, 0.3) is 16.8 Å². The summed E-state index contributed by atoms with van der Waals surface area (Å²) in [6.07, 6.45) is 4.10. The molecule has 2 N–H and O–H groups in total. The number of hydrogen-bond donors (Lipinski definition) is 1. The number of benzene rings is 3. The summed E-state index contributed by atoms with van der Waals surface area (Å²) in [4.78, 5) is 11.7. The van der Waals surface area contributed by atoms with Gasteiger partial charge >= 0.3 is 0 Å². The van der Waals surface area contributed by atoms with Gasteiger partial charge in [-0.2, -0.15) is 5.10 Å². The second kappa shape index (κ2) is 12.6. The van der Waals surface area contributed by atoms with Gasteiger partial charge in [-0.3, -0.25) is 4.90 Å². The number of aldehydes is 1. The molecule has 0 saturated carbocycles. The molecule has 1 aliphatic rings. The number of unbranched alkanes of at least 4 members (excludes halogenated alkanes) is 1. The van der Waals surface area contributed by atoms with E-state index >= 15 is 0 Å². The number of carbonyl (C=O) groups is 1. The Labute approximate surface area is 221 Å². The zero-order valence-electron chi connectivity index (χ0n) is 21.6. The minimum absolute atomic E-state index is 0.0649. The molecule has 1 aromatic heterocycles. The summed E-state index contributed by atoms with van der Waals surface area (Å²) in [5.74, 6) is -0.616. The quantitative estimate of drug-likeness (QED) is 0.224. The molecule has 2 heterocycles. The van der Waals surface area contributed by atoms with Crippen molar-refractivity contribution < 1.29 is 18.3 Å². The van der Waals surface area contributed by atoms with Crippen LogP contribution in [0, 0.1) is 11.6 Å². The van der Waals surface area contributed by atoms with Gasteiger partial charge in [0.15, 0.2) is 6.23 Å². The summed E-state index contributed by atoms with van der Waals surface area (Å²) in [7, 11) is 0. The maximum absolute atomic E-state index is 13.6. The van der Waals surface area contributed by atoms with E-state index < -0.39 is 0 Å². The number of nitrogens with zero attached hydrogens (tertiary/aromatic N) is 3. The lowest BCUT2D eigenvalue weighted by Gasteiger charge is -2.29. The highest BCUT2D eigenvalue weighted by molar-refractivity contribution is 5.66. The van der Waals surface area contributed by atoms with E-state index in [4.69, 9.17) is 15.6 Å². The van der Waals surface area contributed by atoms with Crippen LogP contribution in [0.3, 0.4) is 0 Å². The van der Waals surface area contributed by atoms with Crippen LogP contribution in [0.1, 0.15) is 50.2 Å². The van der Waals surface area contributed by atoms with E-state index in [-0.39, 0.29) is 23.9 Å². The van der Waals surface area contributed by atoms with E-state index in [0.29, 0.717) is 13.0 Å². The predicted molar refractivity (Wildman–Crippen MR) is 145 cm³/mol. The fourth-order valence-electron chi connectivity index (χ4n) is 4.35. The Hall–Kier alpha value is -3.88. The molecule has 1 fully saturated rings. The van der Waals surface area contributed by atoms with Gasteiger partial charge in [0.1, 0.15) is 23.6 Å². The van der Waals surface area contributed by atoms with Crippen molar-refractivity contribution in [3.8, 4) is 16.8 Å². The number of rotatable bonds is 7. The summed E-state index contributed by atoms with van der Waals surface area (Å²) in [6, 6.07) is 20.4. The summed E-state index contributed by atoms with van der Waals surface area (Å²) in [6.45, 7) is 5.41. The predicted octanol–water partition coefficient (Wildman–Crippen LogP) is 6.48. The van der Waals surface area contributed by atoms with Crippen LogP contribution < -0.4 is 5.73 Å². The molecule has 8 heteroatoms. The molecule has 38 heavy (non-hydrogen) atoms. The van der Waals surface area contributed by atoms with Crippen LogP contribution >= 0.6 is 0 Å². The second-order valence-electron chi connectivity index (χ2n) is 9.11. The normalized spacial score (nSPS) is 16.1. The molecular weight excluding hydrogens is 486 g/mol. The molecule has 0 aliphatic carbocycles. The number of nitrogen functional groups attached to an aromatic ring is 1. The van der Waals surface area contributed by atoms with Crippen molar-refractivity contribution in [3.63, 3.8) is 0 Å². The SMILES string of the molecule is CC(c1ccc(N)cc1)N1CCOC1c1nn(-c2ccc(F)cc2)cc1-c1ccc(F)cc1.CCCC=O. The molecular formula is C30H32F2N4O2. The maximum atomic E-state index is 13.6. The van der Waals surface area contributed by atoms with Crippen LogP contribution in [-0.4, -0.2) is 34.1 Å². The van der Waals surface area contributed by atoms with E-state index in [1.807, 2.05) is 37.4 Å². The van der Waals surface area contributed by atoms with Crippen LogP contribution in [0.4, 0.5) is 14.5 Å². The van der Waals surface area contributed by atoms with Gasteiger partial charge in [-0.15, -0.1) is 0 Å². The Morgan fingerprint density at radius 1 is 1.03 bits per heavy atom. The van der Waals surface area contributed by atoms with Gasteiger partial charge < -0.3 is 15.3 Å². The zero-order chi connectivity index (χ0) is 27.1. The molecule has 5 rings (SSSR count). The first kappa shape index (κ1) is 27.2. The minimum Gasteiger partial charge on any atom is -0.399 e. The lowest BCUT2D eigenvalue weighted by Crippen LogP contribution is -2.28. The Bertz CT molecular complexity index is 1320. The molecule has 1 aliphatic heterocycles. The average Bonchev–Trinajstić information content (AvgIpc) is 3.58. The van der Waals surface area contributed by atoms with E-state index in [1.54, 1.807) is 28.9 Å². The number of ether oxygens (including phenoxy) is 1. The lowest BCUT2D eigenvalue weighted by atomic mass is 10.0. The summed E-state index contributed by atoms with van der Waals surface area (Å²) in [5, 5.41) is 4.85. The van der Waals surface area contributed by atoms with Crippen molar-refractivity contribution >= 4 is 12.0 Å². The van der Waals surface area contributed by atoms with Gasteiger partial charge in [-0.1, -0.05) is 31.2 Å². The Balaban J connectivity index is 0.000000617. The zero-order valence-corrected chi connectivity index (χ0v) is 21.6. The molecule has 0 bridgehead atoms. The van der Waals surface area contributed by atoms with Gasteiger partial charge in [-0.05, 0) is 73.0 Å². The third-order valence-corrected chi connectivity index (χ3v) is 6.47. The van der Waals surface area contributed by atoms with E-state index in [0.717, 1.165) is 53.0 Å². The number of nitrogens with two attached hydrogens (primary N) is 1. The van der Waals surface area contributed by atoms with Gasteiger partial charge in [0.05, 0.1) is 12.3 Å². The van der Waals surface area contributed by atoms with Crippen LogP contribution in [0.15, 0.2) is 79.0 Å². The van der Waals surface area contributed by atoms with Gasteiger partial charge in [0.25, 0.3) is 0 Å². The highest BCUT2D eigenvalue weighted by Gasteiger charge is 2.35. The molecule has 198 valence electrons. The molecule has 1 saturated heterocycles. The Kier molecular flexibility index (Phi) is 8.99. The Morgan fingerprint density at radius 2 is 1.66 bits per heavy atom. The van der Waals surface area contributed by atoms with E-state index in [1.165, 1.54) is 24.3 Å². The smallest absolute Gasteiger partial charge is 0.156 e. The van der Waals surface area contributed by atoms with Crippen LogP contribution in [0.2, 0.25) is 0 Å². The topological polar surface area (TPSA) is 73.4 Å². The molecule has 0 radical (unpaired) electrons. The van der Waals surface area contributed by atoms with Crippen molar-refractivity contribution in [1.82, 2.24) is 14.7 Å². The summed E-state index contributed by atoms with van der Waals surface area (Å²) >= 11 is 0. The highest BCUT2D eigenvalue weighted by Crippen LogP contribution is 2.39. The van der Waals surface area contributed by atoms with E-state index in [2.05, 4.69) is 11.8 Å². The number of halogens is 2. The molecule has 2 atom stereocenters. The minimum atomic E-state index is -0.390. The fraction of sp³-hybridized carbons (Fsp3) is 0.267. The first-order valence-corrected chi connectivity index (χ1v) is 12.7. The van der Waals surface area contributed by atoms with Crippen molar-refractivity contribution in [2.24, 2.45) is 0 Å². The van der Waals surface area contributed by atoms with Crippen LogP contribution in [-0.2, 0) is 9.53 Å². The lowest BCUT2D eigenvalue weighted by molar-refractivity contribution is -0.107. The van der Waals surface area contributed by atoms with Gasteiger partial charge in [-0.25, -0.2) is 13.5 Å². The monoisotopic (exact) mass is 518 g/mol. The summed E-state index contributed by atoms with van der Waals surface area (Å²) in [5.41, 5.74) is 10.8. The average molecular weight is 519 g/mol. The second-order valence-corrected chi connectivity index (χ2v) is 9.11. The molecule has 2 unspecified atom stereocenters. The van der Waals surface area contributed by atoms with Crippen LogP contribution in [0.5, 0.6) is 0 Å². The maximum Gasteiger partial charge on any atom is 0.156 e. The number of aromatic nitrogens is 2. The van der Waals surface area contributed by atoms with Gasteiger partial charge in [0, 0.05) is 36.5 Å². The summed E-state index contributed by atoms with van der Waals surface area (Å²) < 4.78 is 34.9. The molecule has 0 spiro atoms. The fourth-order valence-corrected chi connectivity index (χ4v) is 4.35. The first-order chi connectivity index (χ1) is 18.4. The number of hydrogen-bond acceptors (Lipinski definition) is 5. The largest absolute Gasteiger partial charge is 0.399 e. The number of carbonyl (C=O) groups excluding carboxylic acids is 1. The molecule has 3 aromatic carbocycles. The standard InChI is InChI=1S/C26H24F2N4O.C4H8O/c1-17(18-4-10-22(29)11-5-18)31-14-15-33-26(31)25-24(19-2-6-20(27)7-3-19)16-32(30-25)23-12-8-21(28)9-13-23;1-2-3-4-5/h2-13,16-17,26H,14-15,29H2,1H3;4H,2-3H2,1H3. The third kappa shape index (κ3) is 6.33. The molecule has 4 aromatic rings. The highest BCUT2D eigenvalue weighted by atomic mass is 19.1. The molecule has 0 amide bonds. The molecule has 6 nitrogen and oxygen atoms in total. The van der Waals surface area contributed by atoms with E-state index in [9.17, 15) is 13.6 Å². The first-order valence-electron chi connectivity index (χ1n) is 12.7. The third-order valence-electron chi connectivity index (χ3n) is 6.47. The van der Waals surface area contributed by atoms with Gasteiger partial charge in [0.2, 0.25) is 0 Å². The van der Waals surface area contributed by atoms with Crippen molar-refractivity contribution in [2.75, 3.05) is 18.9 Å². The number of anilines is 1. The Morgan fingerprint density at radius 3 is 2.24 bits per heavy atom. The van der Waals surface area contributed by atoms with Crippen molar-refractivity contribution in [1.29, 1.82) is 0 Å². The van der Waals surface area contributed by atoms with Crippen molar-refractivity contribution in [2.45, 2.75) is 39.0 Å².